The van der Waals surface area contributed by atoms with Gasteiger partial charge in [0.05, 0.1) is 12.2 Å². The molecule has 3 rings (SSSR count). The molecule has 1 aliphatic heterocycles. The maximum absolute atomic E-state index is 6.21. The van der Waals surface area contributed by atoms with Crippen LogP contribution in [-0.2, 0) is 0 Å². The number of likely N-dealkylation sites (N-methyl/N-ethyl adjacent to an activating group) is 1. The first-order valence-corrected chi connectivity index (χ1v) is 5.98. The van der Waals surface area contributed by atoms with Crippen LogP contribution in [0.1, 0.15) is 25.7 Å². The molecular weight excluding hydrogens is 200 g/mol. The van der Waals surface area contributed by atoms with Gasteiger partial charge in [0.2, 0.25) is 0 Å². The minimum Gasteiger partial charge on any atom is -0.483 e. The van der Waals surface area contributed by atoms with E-state index in [0.717, 1.165) is 23.7 Å². The molecule has 1 saturated carbocycles. The smallest absolute Gasteiger partial charge is 0.143 e. The molecule has 0 aromatic heterocycles. The van der Waals surface area contributed by atoms with E-state index in [2.05, 4.69) is 11.9 Å². The van der Waals surface area contributed by atoms with Gasteiger partial charge in [0.1, 0.15) is 11.4 Å². The van der Waals surface area contributed by atoms with E-state index in [1.165, 1.54) is 25.7 Å². The Bertz CT molecular complexity index is 410. The minimum absolute atomic E-state index is 0.0673. The van der Waals surface area contributed by atoms with Gasteiger partial charge in [0.15, 0.2) is 0 Å². The van der Waals surface area contributed by atoms with Crippen molar-refractivity contribution in [3.8, 4) is 5.75 Å². The maximum atomic E-state index is 6.21. The second-order valence-electron chi connectivity index (χ2n) is 5.08. The quantitative estimate of drug-likeness (QED) is 0.680. The van der Waals surface area contributed by atoms with Crippen LogP contribution in [0.15, 0.2) is 18.2 Å². The lowest BCUT2D eigenvalue weighted by molar-refractivity contribution is 0.0747. The van der Waals surface area contributed by atoms with Gasteiger partial charge >= 0.3 is 0 Å². The lowest BCUT2D eigenvalue weighted by Crippen LogP contribution is -2.47. The van der Waals surface area contributed by atoms with Crippen LogP contribution in [0.4, 0.5) is 11.4 Å². The zero-order valence-corrected chi connectivity index (χ0v) is 9.70. The van der Waals surface area contributed by atoms with Gasteiger partial charge in [-0.2, -0.15) is 0 Å². The molecule has 16 heavy (non-hydrogen) atoms. The summed E-state index contributed by atoms with van der Waals surface area (Å²) in [5, 5.41) is 0. The second-order valence-corrected chi connectivity index (χ2v) is 5.08. The molecule has 0 amide bonds. The van der Waals surface area contributed by atoms with Crippen molar-refractivity contribution in [1.29, 1.82) is 0 Å². The average molecular weight is 218 g/mol. The van der Waals surface area contributed by atoms with E-state index < -0.39 is 0 Å². The summed E-state index contributed by atoms with van der Waals surface area (Å²) in [6.45, 7) is 0.990. The Kier molecular flexibility index (Phi) is 2.03. The zero-order chi connectivity index (χ0) is 11.2. The first-order valence-electron chi connectivity index (χ1n) is 5.98. The van der Waals surface area contributed by atoms with E-state index in [4.69, 9.17) is 10.5 Å². The number of hydrogen-bond donors (Lipinski definition) is 1. The third-order valence-electron chi connectivity index (χ3n) is 3.76. The van der Waals surface area contributed by atoms with Crippen LogP contribution in [0.3, 0.4) is 0 Å². The third-order valence-corrected chi connectivity index (χ3v) is 3.76. The molecular formula is C13H18N2O. The Morgan fingerprint density at radius 3 is 2.81 bits per heavy atom. The molecule has 2 aliphatic rings. The van der Waals surface area contributed by atoms with Crippen LogP contribution < -0.4 is 15.4 Å². The van der Waals surface area contributed by atoms with Gasteiger partial charge in [0.25, 0.3) is 0 Å². The summed E-state index contributed by atoms with van der Waals surface area (Å²) in [5.74, 6) is 0.991. The number of benzene rings is 1. The predicted octanol–water partition coefficient (Wildman–Crippen LogP) is 2.41. The van der Waals surface area contributed by atoms with Crippen LogP contribution in [0.25, 0.3) is 0 Å². The van der Waals surface area contributed by atoms with E-state index >= 15 is 0 Å². The first kappa shape index (κ1) is 9.82. The predicted molar refractivity (Wildman–Crippen MR) is 66.0 cm³/mol. The Labute approximate surface area is 96.2 Å². The van der Waals surface area contributed by atoms with Crippen LogP contribution in [0, 0.1) is 0 Å². The molecule has 1 aromatic rings. The number of anilines is 2. The molecule has 1 aliphatic carbocycles. The van der Waals surface area contributed by atoms with Crippen molar-refractivity contribution >= 4 is 11.4 Å². The maximum Gasteiger partial charge on any atom is 0.143 e. The van der Waals surface area contributed by atoms with Crippen LogP contribution in [-0.4, -0.2) is 19.2 Å². The molecule has 1 fully saturated rings. The van der Waals surface area contributed by atoms with E-state index in [9.17, 15) is 0 Å². The molecule has 0 atom stereocenters. The van der Waals surface area contributed by atoms with Crippen molar-refractivity contribution in [2.75, 3.05) is 24.2 Å². The Balaban J connectivity index is 1.99. The molecule has 1 aromatic carbocycles. The monoisotopic (exact) mass is 218 g/mol. The largest absolute Gasteiger partial charge is 0.483 e. The molecule has 3 nitrogen and oxygen atoms in total. The van der Waals surface area contributed by atoms with Gasteiger partial charge in [-0.05, 0) is 43.9 Å². The number of nitrogens with two attached hydrogens (primary N) is 1. The summed E-state index contributed by atoms with van der Waals surface area (Å²) in [7, 11) is 2.13. The van der Waals surface area contributed by atoms with Gasteiger partial charge in [-0.25, -0.2) is 0 Å². The molecule has 2 N–H and O–H groups in total. The highest BCUT2D eigenvalue weighted by atomic mass is 16.5. The summed E-state index contributed by atoms with van der Waals surface area (Å²) in [5.41, 5.74) is 7.80. The van der Waals surface area contributed by atoms with Crippen LogP contribution in [0.5, 0.6) is 5.75 Å². The summed E-state index contributed by atoms with van der Waals surface area (Å²) < 4.78 is 6.21. The first-order chi connectivity index (χ1) is 7.69. The number of nitrogen functional groups attached to an aromatic ring is 1. The highest BCUT2D eigenvalue weighted by Crippen LogP contribution is 2.43. The third kappa shape index (κ3) is 1.42. The summed E-state index contributed by atoms with van der Waals surface area (Å²) in [6.07, 6.45) is 4.94. The number of nitrogens with zero attached hydrogens (tertiary/aromatic N) is 1. The van der Waals surface area contributed by atoms with Crippen molar-refractivity contribution in [3.63, 3.8) is 0 Å². The van der Waals surface area contributed by atoms with Gasteiger partial charge < -0.3 is 15.4 Å². The Hall–Kier alpha value is -1.38. The molecule has 0 bridgehead atoms. The molecule has 1 heterocycles. The molecule has 0 saturated heterocycles. The van der Waals surface area contributed by atoms with E-state index in [-0.39, 0.29) is 5.60 Å². The normalized spacial score (nSPS) is 21.9. The minimum atomic E-state index is 0.0673. The lowest BCUT2D eigenvalue weighted by Gasteiger charge is -2.41. The number of fused-ring (bicyclic) bond motifs is 1. The highest BCUT2D eigenvalue weighted by molar-refractivity contribution is 5.66. The molecule has 0 radical (unpaired) electrons. The standard InChI is InChI=1S/C13H18N2O/c1-15-9-13(6-2-3-7-13)16-12-5-4-10(14)8-11(12)15/h4-5,8H,2-3,6-7,9,14H2,1H3. The van der Waals surface area contributed by atoms with Gasteiger partial charge in [-0.3, -0.25) is 0 Å². The summed E-state index contributed by atoms with van der Waals surface area (Å²) >= 11 is 0. The van der Waals surface area contributed by atoms with Crippen molar-refractivity contribution in [3.05, 3.63) is 18.2 Å². The summed E-state index contributed by atoms with van der Waals surface area (Å²) in [6, 6.07) is 5.91. The number of hydrogen-bond acceptors (Lipinski definition) is 3. The topological polar surface area (TPSA) is 38.5 Å². The van der Waals surface area contributed by atoms with Crippen molar-refractivity contribution in [1.82, 2.24) is 0 Å². The summed E-state index contributed by atoms with van der Waals surface area (Å²) in [4.78, 5) is 2.28. The fourth-order valence-electron chi connectivity index (χ4n) is 2.98. The SMILES string of the molecule is CN1CC2(CCCC2)Oc2ccc(N)cc21. The van der Waals surface area contributed by atoms with E-state index in [0.29, 0.717) is 0 Å². The lowest BCUT2D eigenvalue weighted by atomic mass is 9.98. The fraction of sp³-hybridized carbons (Fsp3) is 0.538. The second kappa shape index (κ2) is 3.30. The molecule has 3 heteroatoms. The van der Waals surface area contributed by atoms with Crippen molar-refractivity contribution < 1.29 is 4.74 Å². The highest BCUT2D eigenvalue weighted by Gasteiger charge is 2.41. The van der Waals surface area contributed by atoms with Gasteiger partial charge in [-0.1, -0.05) is 0 Å². The van der Waals surface area contributed by atoms with Crippen molar-refractivity contribution in [2.24, 2.45) is 0 Å². The van der Waals surface area contributed by atoms with Crippen LogP contribution >= 0.6 is 0 Å². The zero-order valence-electron chi connectivity index (χ0n) is 9.70. The average Bonchev–Trinajstić information content (AvgIpc) is 2.68. The van der Waals surface area contributed by atoms with Crippen molar-refractivity contribution in [2.45, 2.75) is 31.3 Å². The number of ether oxygens (including phenoxy) is 1. The van der Waals surface area contributed by atoms with Gasteiger partial charge in [-0.15, -0.1) is 0 Å². The Morgan fingerprint density at radius 1 is 1.31 bits per heavy atom. The molecule has 1 spiro atoms. The number of rotatable bonds is 0. The van der Waals surface area contributed by atoms with Crippen LogP contribution in [0.2, 0.25) is 0 Å². The van der Waals surface area contributed by atoms with E-state index in [1.54, 1.807) is 0 Å². The molecule has 86 valence electrons. The molecule has 0 unspecified atom stereocenters. The van der Waals surface area contributed by atoms with Gasteiger partial charge in [0, 0.05) is 12.7 Å². The fourth-order valence-corrected chi connectivity index (χ4v) is 2.98. The Morgan fingerprint density at radius 2 is 2.06 bits per heavy atom. The van der Waals surface area contributed by atoms with E-state index in [1.807, 2.05) is 18.2 Å².